The Morgan fingerprint density at radius 2 is 2.03 bits per heavy atom. The van der Waals surface area contributed by atoms with Gasteiger partial charge in [-0.2, -0.15) is 5.26 Å². The standard InChI is InChI=1S/C23H26N6O2/c1-14(22(30)28-12-15-5-7-17(8-6-15)21(25)26)29-23(31)20-10-19(13-27-20)18-4-2-3-16(9-18)11-24/h2-9,14,19-20,27H,10,12-13H2,1H3,(H3,25,26)(H,28,30)(H,29,31)/t14-,19+,20+/m0/s1. The van der Waals surface area contributed by atoms with Crippen LogP contribution in [0, 0.1) is 16.7 Å². The second kappa shape index (κ2) is 9.87. The van der Waals surface area contributed by atoms with Crippen molar-refractivity contribution in [2.24, 2.45) is 5.73 Å². The number of nitriles is 1. The molecule has 2 amide bonds. The normalized spacial score (nSPS) is 18.6. The fourth-order valence-electron chi connectivity index (χ4n) is 3.58. The quantitative estimate of drug-likeness (QED) is 0.338. The molecule has 6 N–H and O–H groups in total. The Morgan fingerprint density at radius 1 is 1.29 bits per heavy atom. The number of carbonyl (C=O) groups is 2. The summed E-state index contributed by atoms with van der Waals surface area (Å²) >= 11 is 0. The highest BCUT2D eigenvalue weighted by atomic mass is 16.2. The van der Waals surface area contributed by atoms with Gasteiger partial charge in [0.2, 0.25) is 11.8 Å². The summed E-state index contributed by atoms with van der Waals surface area (Å²) in [6.45, 7) is 2.61. The van der Waals surface area contributed by atoms with Gasteiger partial charge in [-0.3, -0.25) is 15.0 Å². The zero-order chi connectivity index (χ0) is 22.4. The maximum Gasteiger partial charge on any atom is 0.242 e. The van der Waals surface area contributed by atoms with Gasteiger partial charge >= 0.3 is 0 Å². The van der Waals surface area contributed by atoms with Crippen LogP contribution in [0.3, 0.4) is 0 Å². The minimum Gasteiger partial charge on any atom is -0.384 e. The predicted molar refractivity (Wildman–Crippen MR) is 117 cm³/mol. The molecule has 0 saturated carbocycles. The molecule has 1 fully saturated rings. The number of benzene rings is 2. The zero-order valence-electron chi connectivity index (χ0n) is 17.3. The van der Waals surface area contributed by atoms with Crippen LogP contribution in [0.2, 0.25) is 0 Å². The van der Waals surface area contributed by atoms with Crippen LogP contribution in [-0.4, -0.2) is 36.3 Å². The van der Waals surface area contributed by atoms with Gasteiger partial charge in [-0.1, -0.05) is 36.4 Å². The number of carbonyl (C=O) groups excluding carboxylic acids is 2. The van der Waals surface area contributed by atoms with Gasteiger partial charge in [0.1, 0.15) is 11.9 Å². The van der Waals surface area contributed by atoms with E-state index in [1.807, 2.05) is 18.2 Å². The van der Waals surface area contributed by atoms with Crippen LogP contribution in [0.1, 0.15) is 41.5 Å². The zero-order valence-corrected chi connectivity index (χ0v) is 17.3. The lowest BCUT2D eigenvalue weighted by Gasteiger charge is -2.17. The maximum atomic E-state index is 12.6. The lowest BCUT2D eigenvalue weighted by molar-refractivity contribution is -0.129. The number of amidine groups is 1. The van der Waals surface area contributed by atoms with Crippen molar-refractivity contribution in [2.75, 3.05) is 6.54 Å². The molecule has 2 aromatic rings. The molecular weight excluding hydrogens is 392 g/mol. The number of hydrogen-bond acceptors (Lipinski definition) is 5. The summed E-state index contributed by atoms with van der Waals surface area (Å²) in [6.07, 6.45) is 0.609. The molecule has 8 heteroatoms. The van der Waals surface area contributed by atoms with Crippen molar-refractivity contribution < 1.29 is 9.59 Å². The highest BCUT2D eigenvalue weighted by Crippen LogP contribution is 2.26. The van der Waals surface area contributed by atoms with E-state index in [0.29, 0.717) is 30.6 Å². The lowest BCUT2D eigenvalue weighted by atomic mass is 9.95. The summed E-state index contributed by atoms with van der Waals surface area (Å²) < 4.78 is 0. The van der Waals surface area contributed by atoms with E-state index in [9.17, 15) is 9.59 Å². The number of amides is 2. The van der Waals surface area contributed by atoms with Gasteiger partial charge < -0.3 is 21.7 Å². The van der Waals surface area contributed by atoms with Crippen LogP contribution in [0.25, 0.3) is 0 Å². The molecule has 0 radical (unpaired) electrons. The summed E-state index contributed by atoms with van der Waals surface area (Å²) in [6, 6.07) is 15.5. The molecule has 0 aromatic heterocycles. The van der Waals surface area contributed by atoms with Gasteiger partial charge in [-0.05, 0) is 42.5 Å². The Bertz CT molecular complexity index is 1010. The molecule has 3 rings (SSSR count). The van der Waals surface area contributed by atoms with Gasteiger partial charge in [-0.15, -0.1) is 0 Å². The SMILES string of the molecule is C[C@H](NC(=O)[C@H]1C[C@@H](c2cccc(C#N)c2)CN1)C(=O)NCc1ccc(C(=N)N)cc1. The summed E-state index contributed by atoms with van der Waals surface area (Å²) in [5.41, 5.74) is 8.56. The monoisotopic (exact) mass is 418 g/mol. The van der Waals surface area contributed by atoms with Gasteiger partial charge in [-0.25, -0.2) is 0 Å². The van der Waals surface area contributed by atoms with E-state index in [4.69, 9.17) is 16.4 Å². The van der Waals surface area contributed by atoms with E-state index in [2.05, 4.69) is 22.0 Å². The van der Waals surface area contributed by atoms with Crippen molar-refractivity contribution in [3.63, 3.8) is 0 Å². The largest absolute Gasteiger partial charge is 0.384 e. The van der Waals surface area contributed by atoms with E-state index in [0.717, 1.165) is 11.1 Å². The number of nitrogen functional groups attached to an aromatic ring is 1. The van der Waals surface area contributed by atoms with Crippen molar-refractivity contribution in [3.05, 3.63) is 70.8 Å². The minimum absolute atomic E-state index is 0.00699. The Kier molecular flexibility index (Phi) is 7.00. The average Bonchev–Trinajstić information content (AvgIpc) is 3.28. The molecule has 1 aliphatic rings. The summed E-state index contributed by atoms with van der Waals surface area (Å²) in [4.78, 5) is 25.0. The Hall–Kier alpha value is -3.70. The van der Waals surface area contributed by atoms with E-state index >= 15 is 0 Å². The van der Waals surface area contributed by atoms with E-state index in [1.165, 1.54) is 0 Å². The molecule has 1 saturated heterocycles. The summed E-state index contributed by atoms with van der Waals surface area (Å²) in [7, 11) is 0. The van der Waals surface area contributed by atoms with Crippen LogP contribution in [0.4, 0.5) is 0 Å². The van der Waals surface area contributed by atoms with Crippen molar-refractivity contribution in [3.8, 4) is 6.07 Å². The van der Waals surface area contributed by atoms with Gasteiger partial charge in [0.15, 0.2) is 0 Å². The molecule has 0 aliphatic carbocycles. The molecule has 0 spiro atoms. The number of rotatable bonds is 7. The number of hydrogen-bond donors (Lipinski definition) is 5. The number of nitrogens with zero attached hydrogens (tertiary/aromatic N) is 1. The lowest BCUT2D eigenvalue weighted by Crippen LogP contribution is -2.49. The molecule has 1 heterocycles. The van der Waals surface area contributed by atoms with Crippen LogP contribution in [0.5, 0.6) is 0 Å². The van der Waals surface area contributed by atoms with Crippen LogP contribution in [-0.2, 0) is 16.1 Å². The van der Waals surface area contributed by atoms with Crippen LogP contribution < -0.4 is 21.7 Å². The van der Waals surface area contributed by atoms with E-state index in [1.54, 1.807) is 37.3 Å². The molecule has 160 valence electrons. The highest BCUT2D eigenvalue weighted by Gasteiger charge is 2.31. The molecule has 3 atom stereocenters. The molecular formula is C23H26N6O2. The van der Waals surface area contributed by atoms with Crippen molar-refractivity contribution in [2.45, 2.75) is 37.9 Å². The molecule has 0 unspecified atom stereocenters. The molecule has 2 aromatic carbocycles. The Morgan fingerprint density at radius 3 is 2.71 bits per heavy atom. The highest BCUT2D eigenvalue weighted by molar-refractivity contribution is 5.95. The fourth-order valence-corrected chi connectivity index (χ4v) is 3.58. The first kappa shape index (κ1) is 22.0. The van der Waals surface area contributed by atoms with E-state index < -0.39 is 6.04 Å². The molecule has 1 aliphatic heterocycles. The maximum absolute atomic E-state index is 12.6. The van der Waals surface area contributed by atoms with E-state index in [-0.39, 0.29) is 29.6 Å². The first-order valence-electron chi connectivity index (χ1n) is 10.1. The fraction of sp³-hybridized carbons (Fsp3) is 0.304. The van der Waals surface area contributed by atoms with Crippen molar-refractivity contribution in [1.82, 2.24) is 16.0 Å². The molecule has 0 bridgehead atoms. The third-order valence-electron chi connectivity index (χ3n) is 5.42. The Labute approximate surface area is 181 Å². The average molecular weight is 419 g/mol. The van der Waals surface area contributed by atoms with Gasteiger partial charge in [0, 0.05) is 18.7 Å². The van der Waals surface area contributed by atoms with Gasteiger partial charge in [0.05, 0.1) is 17.7 Å². The van der Waals surface area contributed by atoms with Crippen LogP contribution >= 0.6 is 0 Å². The second-order valence-corrected chi connectivity index (χ2v) is 7.69. The third kappa shape index (κ3) is 5.68. The minimum atomic E-state index is -0.674. The Balaban J connectivity index is 1.48. The van der Waals surface area contributed by atoms with Gasteiger partial charge in [0.25, 0.3) is 0 Å². The second-order valence-electron chi connectivity index (χ2n) is 7.69. The molecule has 8 nitrogen and oxygen atoms in total. The topological polar surface area (TPSA) is 144 Å². The third-order valence-corrected chi connectivity index (χ3v) is 5.42. The number of nitrogens with one attached hydrogen (secondary N) is 4. The predicted octanol–water partition coefficient (Wildman–Crippen LogP) is 1.11. The van der Waals surface area contributed by atoms with Crippen molar-refractivity contribution >= 4 is 17.6 Å². The molecule has 31 heavy (non-hydrogen) atoms. The first-order chi connectivity index (χ1) is 14.9. The first-order valence-corrected chi connectivity index (χ1v) is 10.1. The smallest absolute Gasteiger partial charge is 0.242 e. The summed E-state index contributed by atoms with van der Waals surface area (Å²) in [5, 5.41) is 25.2. The van der Waals surface area contributed by atoms with Crippen molar-refractivity contribution in [1.29, 1.82) is 10.7 Å². The summed E-state index contributed by atoms with van der Waals surface area (Å²) in [5.74, 6) is -0.355. The van der Waals surface area contributed by atoms with Crippen LogP contribution in [0.15, 0.2) is 48.5 Å². The number of nitrogens with two attached hydrogens (primary N) is 1.